The molecule has 0 aliphatic rings. The zero-order valence-electron chi connectivity index (χ0n) is 20.1. The highest BCUT2D eigenvalue weighted by molar-refractivity contribution is 14.0. The molecule has 0 atom stereocenters. The quantitative estimate of drug-likeness (QED) is 0.235. The number of nitrogens with one attached hydrogen (secondary N) is 2. The van der Waals surface area contributed by atoms with Crippen molar-refractivity contribution in [3.8, 4) is 11.4 Å². The molecule has 3 aromatic rings. The number of aryl methyl sites for hydroxylation is 2. The van der Waals surface area contributed by atoms with Gasteiger partial charge in [-0.2, -0.15) is 5.10 Å². The number of halogens is 1. The zero-order valence-corrected chi connectivity index (χ0v) is 22.5. The van der Waals surface area contributed by atoms with Crippen LogP contribution < -0.4 is 15.4 Å². The molecule has 0 spiro atoms. The van der Waals surface area contributed by atoms with Crippen LogP contribution in [0.1, 0.15) is 22.5 Å². The van der Waals surface area contributed by atoms with Crippen molar-refractivity contribution in [2.24, 2.45) is 4.99 Å². The first-order valence-electron chi connectivity index (χ1n) is 10.9. The zero-order chi connectivity index (χ0) is 22.9. The topological polar surface area (TPSA) is 66.7 Å². The molecule has 0 saturated heterocycles. The molecule has 0 saturated carbocycles. The highest BCUT2D eigenvalue weighted by Gasteiger charge is 2.10. The van der Waals surface area contributed by atoms with Gasteiger partial charge in [0, 0.05) is 37.9 Å². The number of nitrogens with zero attached hydrogens (tertiary/aromatic N) is 4. The van der Waals surface area contributed by atoms with E-state index in [1.165, 1.54) is 0 Å². The minimum absolute atomic E-state index is 0. The summed E-state index contributed by atoms with van der Waals surface area (Å²) < 4.78 is 7.96. The van der Waals surface area contributed by atoms with Gasteiger partial charge in [-0.1, -0.05) is 36.4 Å². The number of aliphatic imine (C=N–C) groups is 1. The smallest absolute Gasteiger partial charge is 0.191 e. The number of benzene rings is 2. The van der Waals surface area contributed by atoms with Gasteiger partial charge in [0.1, 0.15) is 12.4 Å². The van der Waals surface area contributed by atoms with Gasteiger partial charge in [0.15, 0.2) is 5.96 Å². The predicted molar refractivity (Wildman–Crippen MR) is 146 cm³/mol. The third kappa shape index (κ3) is 7.75. The van der Waals surface area contributed by atoms with Crippen molar-refractivity contribution in [3.05, 3.63) is 77.1 Å². The molecular weight excluding hydrogens is 527 g/mol. The molecule has 8 heteroatoms. The molecule has 7 nitrogen and oxygen atoms in total. The van der Waals surface area contributed by atoms with E-state index in [9.17, 15) is 0 Å². The molecule has 0 aliphatic heterocycles. The summed E-state index contributed by atoms with van der Waals surface area (Å²) in [7, 11) is 5.86. The second kappa shape index (κ2) is 13.2. The molecule has 2 N–H and O–H groups in total. The molecule has 33 heavy (non-hydrogen) atoms. The monoisotopic (exact) mass is 562 g/mol. The van der Waals surface area contributed by atoms with Gasteiger partial charge >= 0.3 is 0 Å². The molecule has 0 amide bonds. The van der Waals surface area contributed by atoms with Crippen molar-refractivity contribution in [2.75, 3.05) is 34.3 Å². The SMILES string of the molecule is CN=C(NCc1ccccc1OCCN(C)C)NCc1ccccc1-n1nc(C)cc1C.I. The van der Waals surface area contributed by atoms with E-state index in [1.54, 1.807) is 7.05 Å². The van der Waals surface area contributed by atoms with Crippen LogP contribution in [0.4, 0.5) is 0 Å². The number of guanidine groups is 1. The molecule has 0 aliphatic carbocycles. The maximum absolute atomic E-state index is 5.97. The molecule has 3 rings (SSSR count). The third-order valence-electron chi connectivity index (χ3n) is 5.11. The van der Waals surface area contributed by atoms with Gasteiger partial charge < -0.3 is 20.3 Å². The van der Waals surface area contributed by atoms with E-state index in [0.717, 1.165) is 46.5 Å². The van der Waals surface area contributed by atoms with E-state index in [2.05, 4.69) is 56.8 Å². The van der Waals surface area contributed by atoms with E-state index < -0.39 is 0 Å². The molecule has 0 bridgehead atoms. The summed E-state index contributed by atoms with van der Waals surface area (Å²) in [6.45, 7) is 6.87. The van der Waals surface area contributed by atoms with Crippen molar-refractivity contribution in [1.82, 2.24) is 25.3 Å². The molecule has 1 heterocycles. The lowest BCUT2D eigenvalue weighted by molar-refractivity contribution is 0.259. The van der Waals surface area contributed by atoms with Crippen LogP contribution in [0.25, 0.3) is 5.69 Å². The molecule has 0 unspecified atom stereocenters. The Bertz CT molecular complexity index is 1050. The highest BCUT2D eigenvalue weighted by atomic mass is 127. The Labute approximate surface area is 214 Å². The highest BCUT2D eigenvalue weighted by Crippen LogP contribution is 2.18. The van der Waals surface area contributed by atoms with Crippen molar-refractivity contribution >= 4 is 29.9 Å². The number of hydrogen-bond donors (Lipinski definition) is 2. The second-order valence-electron chi connectivity index (χ2n) is 8.01. The first kappa shape index (κ1) is 26.7. The van der Waals surface area contributed by atoms with Gasteiger partial charge in [0.25, 0.3) is 0 Å². The van der Waals surface area contributed by atoms with Gasteiger partial charge in [-0.15, -0.1) is 24.0 Å². The standard InChI is InChI=1S/C25H34N6O.HI/c1-19-16-20(2)31(29-19)23-12-8-6-10-21(23)17-27-25(26-3)28-18-22-11-7-9-13-24(22)32-15-14-30(4)5;/h6-13,16H,14-15,17-18H2,1-5H3,(H2,26,27,28);1H. The Balaban J connectivity index is 0.00000385. The second-order valence-corrected chi connectivity index (χ2v) is 8.01. The minimum Gasteiger partial charge on any atom is -0.492 e. The average Bonchev–Trinajstić information content (AvgIpc) is 3.12. The number of hydrogen-bond acceptors (Lipinski definition) is 4. The Morgan fingerprint density at radius 1 is 1.00 bits per heavy atom. The summed E-state index contributed by atoms with van der Waals surface area (Å²) in [5, 5.41) is 11.5. The number of likely N-dealkylation sites (N-methyl/N-ethyl adjacent to an activating group) is 1. The normalized spacial score (nSPS) is 11.3. The fourth-order valence-corrected chi connectivity index (χ4v) is 3.45. The Kier molecular flexibility index (Phi) is 10.7. The van der Waals surface area contributed by atoms with Gasteiger partial charge in [0.2, 0.25) is 0 Å². The predicted octanol–water partition coefficient (Wildman–Crippen LogP) is 3.91. The maximum atomic E-state index is 5.97. The fourth-order valence-electron chi connectivity index (χ4n) is 3.45. The van der Waals surface area contributed by atoms with E-state index in [1.807, 2.05) is 56.0 Å². The molecule has 0 fully saturated rings. The van der Waals surface area contributed by atoms with Gasteiger partial charge in [-0.3, -0.25) is 4.99 Å². The molecule has 0 radical (unpaired) electrons. The van der Waals surface area contributed by atoms with E-state index in [4.69, 9.17) is 4.74 Å². The summed E-state index contributed by atoms with van der Waals surface area (Å²) >= 11 is 0. The summed E-state index contributed by atoms with van der Waals surface area (Å²) in [6.07, 6.45) is 0. The first-order valence-corrected chi connectivity index (χ1v) is 10.9. The van der Waals surface area contributed by atoms with Crippen LogP contribution in [0.3, 0.4) is 0 Å². The van der Waals surface area contributed by atoms with E-state index in [0.29, 0.717) is 19.7 Å². The van der Waals surface area contributed by atoms with Crippen LogP contribution in [-0.2, 0) is 13.1 Å². The summed E-state index contributed by atoms with van der Waals surface area (Å²) in [5.74, 6) is 1.63. The van der Waals surface area contributed by atoms with Crippen LogP contribution in [0.5, 0.6) is 5.75 Å². The van der Waals surface area contributed by atoms with E-state index in [-0.39, 0.29) is 24.0 Å². The van der Waals surface area contributed by atoms with Gasteiger partial charge in [-0.25, -0.2) is 4.68 Å². The summed E-state index contributed by atoms with van der Waals surface area (Å²) in [6, 6.07) is 18.5. The van der Waals surface area contributed by atoms with Crippen LogP contribution >= 0.6 is 24.0 Å². The van der Waals surface area contributed by atoms with Gasteiger partial charge in [-0.05, 0) is 51.7 Å². The summed E-state index contributed by atoms with van der Waals surface area (Å²) in [5.41, 5.74) is 5.43. The molecule has 178 valence electrons. The van der Waals surface area contributed by atoms with Crippen LogP contribution in [0.2, 0.25) is 0 Å². The molecule has 2 aromatic carbocycles. The van der Waals surface area contributed by atoms with Crippen molar-refractivity contribution in [2.45, 2.75) is 26.9 Å². The van der Waals surface area contributed by atoms with Gasteiger partial charge in [0.05, 0.1) is 11.4 Å². The van der Waals surface area contributed by atoms with Crippen molar-refractivity contribution in [1.29, 1.82) is 0 Å². The Morgan fingerprint density at radius 3 is 2.27 bits per heavy atom. The van der Waals surface area contributed by atoms with Crippen molar-refractivity contribution in [3.63, 3.8) is 0 Å². The average molecular weight is 563 g/mol. The largest absolute Gasteiger partial charge is 0.492 e. The molecular formula is C25H35IN6O. The minimum atomic E-state index is 0. The number of ether oxygens (including phenoxy) is 1. The van der Waals surface area contributed by atoms with Crippen LogP contribution in [0, 0.1) is 13.8 Å². The Morgan fingerprint density at radius 2 is 1.64 bits per heavy atom. The lowest BCUT2D eigenvalue weighted by Crippen LogP contribution is -2.36. The lowest BCUT2D eigenvalue weighted by Gasteiger charge is -2.17. The number of rotatable bonds is 9. The fraction of sp³-hybridized carbons (Fsp3) is 0.360. The molecule has 1 aromatic heterocycles. The number of aromatic nitrogens is 2. The van der Waals surface area contributed by atoms with Crippen LogP contribution in [0.15, 0.2) is 59.6 Å². The number of para-hydroxylation sites is 2. The first-order chi connectivity index (χ1) is 15.5. The third-order valence-corrected chi connectivity index (χ3v) is 5.11. The lowest BCUT2D eigenvalue weighted by atomic mass is 10.1. The maximum Gasteiger partial charge on any atom is 0.191 e. The van der Waals surface area contributed by atoms with Crippen LogP contribution in [-0.4, -0.2) is 54.9 Å². The summed E-state index contributed by atoms with van der Waals surface area (Å²) in [4.78, 5) is 6.49. The Hall–Kier alpha value is -2.59. The van der Waals surface area contributed by atoms with E-state index >= 15 is 0 Å². The van der Waals surface area contributed by atoms with Crippen molar-refractivity contribution < 1.29 is 4.74 Å².